The molecule has 0 spiro atoms. The summed E-state index contributed by atoms with van der Waals surface area (Å²) in [5.41, 5.74) is 1.26. The summed E-state index contributed by atoms with van der Waals surface area (Å²) in [6.07, 6.45) is 1.29. The molecule has 1 amide bonds. The number of aryl methyl sites for hydroxylation is 1. The predicted molar refractivity (Wildman–Crippen MR) is 65.1 cm³/mol. The first kappa shape index (κ1) is 11.9. The molecule has 0 aliphatic carbocycles. The van der Waals surface area contributed by atoms with Gasteiger partial charge in [0.25, 0.3) is 0 Å². The highest BCUT2D eigenvalue weighted by atomic mass is 32.2. The van der Waals surface area contributed by atoms with Crippen molar-refractivity contribution in [3.8, 4) is 0 Å². The molecule has 0 radical (unpaired) electrons. The third-order valence-corrected chi connectivity index (χ3v) is 2.89. The van der Waals surface area contributed by atoms with E-state index in [2.05, 4.69) is 43.1 Å². The SMILES string of the molecule is C=CC(=O)NCCSc1ccc(C)cc1. The van der Waals surface area contributed by atoms with Gasteiger partial charge in [-0.25, -0.2) is 0 Å². The molecule has 2 nitrogen and oxygen atoms in total. The van der Waals surface area contributed by atoms with Crippen LogP contribution in [0, 0.1) is 6.92 Å². The van der Waals surface area contributed by atoms with Gasteiger partial charge in [-0.1, -0.05) is 24.3 Å². The third kappa shape index (κ3) is 4.70. The maximum absolute atomic E-state index is 10.8. The lowest BCUT2D eigenvalue weighted by atomic mass is 10.2. The van der Waals surface area contributed by atoms with Crippen LogP contribution in [-0.4, -0.2) is 18.2 Å². The molecule has 0 heterocycles. The highest BCUT2D eigenvalue weighted by Gasteiger charge is 1.95. The number of thioether (sulfide) groups is 1. The molecule has 15 heavy (non-hydrogen) atoms. The zero-order valence-corrected chi connectivity index (χ0v) is 9.64. The van der Waals surface area contributed by atoms with Crippen LogP contribution in [-0.2, 0) is 4.79 Å². The lowest BCUT2D eigenvalue weighted by Gasteiger charge is -2.02. The van der Waals surface area contributed by atoms with E-state index in [1.54, 1.807) is 11.8 Å². The molecule has 0 atom stereocenters. The summed E-state index contributed by atoms with van der Waals surface area (Å²) in [5.74, 6) is 0.766. The van der Waals surface area contributed by atoms with Crippen LogP contribution in [0.5, 0.6) is 0 Å². The summed E-state index contributed by atoms with van der Waals surface area (Å²) in [5, 5.41) is 2.74. The Morgan fingerprint density at radius 2 is 2.13 bits per heavy atom. The van der Waals surface area contributed by atoms with Crippen molar-refractivity contribution in [2.75, 3.05) is 12.3 Å². The second kappa shape index (κ2) is 6.30. The quantitative estimate of drug-likeness (QED) is 0.470. The Kier molecular flexibility index (Phi) is 4.98. The summed E-state index contributed by atoms with van der Waals surface area (Å²) in [6.45, 7) is 6.13. The van der Waals surface area contributed by atoms with E-state index in [1.165, 1.54) is 16.5 Å². The van der Waals surface area contributed by atoms with Crippen molar-refractivity contribution in [2.24, 2.45) is 0 Å². The molecular formula is C12H15NOS. The van der Waals surface area contributed by atoms with Crippen LogP contribution in [0.25, 0.3) is 0 Å². The fraction of sp³-hybridized carbons (Fsp3) is 0.250. The average Bonchev–Trinajstić information content (AvgIpc) is 2.26. The number of nitrogens with one attached hydrogen (secondary N) is 1. The zero-order chi connectivity index (χ0) is 11.1. The van der Waals surface area contributed by atoms with E-state index in [1.807, 2.05) is 0 Å². The molecule has 0 aromatic heterocycles. The monoisotopic (exact) mass is 221 g/mol. The van der Waals surface area contributed by atoms with Crippen molar-refractivity contribution in [2.45, 2.75) is 11.8 Å². The lowest BCUT2D eigenvalue weighted by Crippen LogP contribution is -2.23. The first-order valence-corrected chi connectivity index (χ1v) is 5.80. The van der Waals surface area contributed by atoms with E-state index in [0.29, 0.717) is 6.54 Å². The van der Waals surface area contributed by atoms with Crippen LogP contribution in [0.3, 0.4) is 0 Å². The van der Waals surface area contributed by atoms with Gasteiger partial charge in [0.05, 0.1) is 0 Å². The Morgan fingerprint density at radius 1 is 1.47 bits per heavy atom. The van der Waals surface area contributed by atoms with Crippen LogP contribution in [0.1, 0.15) is 5.56 Å². The lowest BCUT2D eigenvalue weighted by molar-refractivity contribution is -0.116. The Bertz CT molecular complexity index is 332. The first-order valence-electron chi connectivity index (χ1n) is 4.82. The van der Waals surface area contributed by atoms with Gasteiger partial charge < -0.3 is 5.32 Å². The minimum absolute atomic E-state index is 0.112. The van der Waals surface area contributed by atoms with Crippen molar-refractivity contribution >= 4 is 17.7 Å². The van der Waals surface area contributed by atoms with Gasteiger partial charge in [0.15, 0.2) is 0 Å². The van der Waals surface area contributed by atoms with Crippen molar-refractivity contribution in [1.29, 1.82) is 0 Å². The molecule has 1 N–H and O–H groups in total. The zero-order valence-electron chi connectivity index (χ0n) is 8.82. The van der Waals surface area contributed by atoms with Gasteiger partial charge in [-0.3, -0.25) is 4.79 Å². The van der Waals surface area contributed by atoms with Gasteiger partial charge in [-0.15, -0.1) is 11.8 Å². The molecule has 0 aliphatic rings. The maximum atomic E-state index is 10.8. The second-order valence-corrected chi connectivity index (χ2v) is 4.32. The molecular weight excluding hydrogens is 206 g/mol. The maximum Gasteiger partial charge on any atom is 0.243 e. The van der Waals surface area contributed by atoms with Gasteiger partial charge in [0.1, 0.15) is 0 Å². The van der Waals surface area contributed by atoms with Gasteiger partial charge in [0, 0.05) is 17.2 Å². The van der Waals surface area contributed by atoms with Gasteiger partial charge in [-0.05, 0) is 25.1 Å². The van der Waals surface area contributed by atoms with E-state index in [9.17, 15) is 4.79 Å². The minimum Gasteiger partial charge on any atom is -0.352 e. The number of hydrogen-bond donors (Lipinski definition) is 1. The van der Waals surface area contributed by atoms with E-state index < -0.39 is 0 Å². The van der Waals surface area contributed by atoms with Gasteiger partial charge >= 0.3 is 0 Å². The highest BCUT2D eigenvalue weighted by molar-refractivity contribution is 7.99. The molecule has 0 saturated heterocycles. The summed E-state index contributed by atoms with van der Waals surface area (Å²) in [7, 11) is 0. The second-order valence-electron chi connectivity index (χ2n) is 3.16. The summed E-state index contributed by atoms with van der Waals surface area (Å²) in [6, 6.07) is 8.36. The van der Waals surface area contributed by atoms with Crippen LogP contribution in [0.2, 0.25) is 0 Å². The molecule has 1 aromatic carbocycles. The molecule has 80 valence electrons. The normalized spacial score (nSPS) is 9.67. The van der Waals surface area contributed by atoms with Gasteiger partial charge in [-0.2, -0.15) is 0 Å². The Labute approximate surface area is 94.8 Å². The molecule has 3 heteroatoms. The number of benzene rings is 1. The molecule has 0 saturated carbocycles. The fourth-order valence-electron chi connectivity index (χ4n) is 1.05. The summed E-state index contributed by atoms with van der Waals surface area (Å²) >= 11 is 1.73. The van der Waals surface area contributed by atoms with E-state index >= 15 is 0 Å². The van der Waals surface area contributed by atoms with Crippen LogP contribution in [0.4, 0.5) is 0 Å². The molecule has 0 unspecified atom stereocenters. The van der Waals surface area contributed by atoms with Crippen LogP contribution < -0.4 is 5.32 Å². The van der Waals surface area contributed by atoms with Crippen molar-refractivity contribution in [1.82, 2.24) is 5.32 Å². The largest absolute Gasteiger partial charge is 0.352 e. The van der Waals surface area contributed by atoms with E-state index in [4.69, 9.17) is 0 Å². The number of carbonyl (C=O) groups is 1. The summed E-state index contributed by atoms with van der Waals surface area (Å²) in [4.78, 5) is 12.1. The summed E-state index contributed by atoms with van der Waals surface area (Å²) < 4.78 is 0. The fourth-order valence-corrected chi connectivity index (χ4v) is 1.82. The number of amides is 1. The molecule has 1 aromatic rings. The molecule has 1 rings (SSSR count). The molecule has 0 bridgehead atoms. The number of rotatable bonds is 5. The Hall–Kier alpha value is -1.22. The highest BCUT2D eigenvalue weighted by Crippen LogP contribution is 2.17. The Morgan fingerprint density at radius 3 is 2.73 bits per heavy atom. The first-order chi connectivity index (χ1) is 7.22. The number of hydrogen-bond acceptors (Lipinski definition) is 2. The van der Waals surface area contributed by atoms with E-state index in [0.717, 1.165) is 5.75 Å². The topological polar surface area (TPSA) is 29.1 Å². The number of carbonyl (C=O) groups excluding carboxylic acids is 1. The van der Waals surface area contributed by atoms with Gasteiger partial charge in [0.2, 0.25) is 5.91 Å². The smallest absolute Gasteiger partial charge is 0.243 e. The van der Waals surface area contributed by atoms with Crippen LogP contribution in [0.15, 0.2) is 41.8 Å². The van der Waals surface area contributed by atoms with Crippen molar-refractivity contribution < 1.29 is 4.79 Å². The van der Waals surface area contributed by atoms with E-state index in [-0.39, 0.29) is 5.91 Å². The predicted octanol–water partition coefficient (Wildman–Crippen LogP) is 2.39. The third-order valence-electron chi connectivity index (χ3n) is 1.88. The average molecular weight is 221 g/mol. The van der Waals surface area contributed by atoms with Crippen molar-refractivity contribution in [3.05, 3.63) is 42.5 Å². The minimum atomic E-state index is -0.112. The van der Waals surface area contributed by atoms with Crippen LogP contribution >= 0.6 is 11.8 Å². The Balaban J connectivity index is 2.23. The molecule has 0 fully saturated rings. The van der Waals surface area contributed by atoms with Crippen molar-refractivity contribution in [3.63, 3.8) is 0 Å². The molecule has 0 aliphatic heterocycles. The standard InChI is InChI=1S/C12H15NOS/c1-3-12(14)13-8-9-15-11-6-4-10(2)5-7-11/h3-7H,1,8-9H2,2H3,(H,13,14).